The second kappa shape index (κ2) is 9.73. The van der Waals surface area contributed by atoms with E-state index < -0.39 is 0 Å². The molecule has 0 N–H and O–H groups in total. The lowest BCUT2D eigenvalue weighted by molar-refractivity contribution is -0.138. The van der Waals surface area contributed by atoms with Crippen LogP contribution in [0.25, 0.3) is 0 Å². The largest absolute Gasteiger partial charge is 0.337 e. The van der Waals surface area contributed by atoms with Gasteiger partial charge in [-0.25, -0.2) is 0 Å². The van der Waals surface area contributed by atoms with Crippen LogP contribution in [0.1, 0.15) is 43.2 Å². The molecule has 3 fully saturated rings. The Hall–Kier alpha value is -1.53. The maximum Gasteiger partial charge on any atom is 0.228 e. The van der Waals surface area contributed by atoms with E-state index in [0.717, 1.165) is 49.8 Å². The van der Waals surface area contributed by atoms with E-state index in [1.54, 1.807) is 0 Å². The van der Waals surface area contributed by atoms with Crippen LogP contribution in [0.3, 0.4) is 0 Å². The number of carbonyl (C=O) groups excluding carboxylic acids is 2. The van der Waals surface area contributed by atoms with Crippen molar-refractivity contribution < 1.29 is 9.59 Å². The number of hydrogen-bond acceptors (Lipinski definition) is 4. The van der Waals surface area contributed by atoms with Crippen molar-refractivity contribution in [3.8, 4) is 0 Å². The molecule has 3 aliphatic heterocycles. The number of benzene rings is 1. The van der Waals surface area contributed by atoms with Gasteiger partial charge >= 0.3 is 0 Å². The number of piperidine rings is 1. The summed E-state index contributed by atoms with van der Waals surface area (Å²) in [4.78, 5) is 32.8. The average Bonchev–Trinajstić information content (AvgIpc) is 2.99. The Morgan fingerprint density at radius 3 is 2.63 bits per heavy atom. The maximum absolute atomic E-state index is 13.6. The predicted molar refractivity (Wildman–Crippen MR) is 124 cm³/mol. The summed E-state index contributed by atoms with van der Waals surface area (Å²) in [6.45, 7) is 8.80. The second-order valence-electron chi connectivity index (χ2n) is 9.15. The van der Waals surface area contributed by atoms with Gasteiger partial charge in [0, 0.05) is 37.5 Å². The van der Waals surface area contributed by atoms with E-state index in [0.29, 0.717) is 13.0 Å². The summed E-state index contributed by atoms with van der Waals surface area (Å²) in [5.41, 5.74) is 3.33. The van der Waals surface area contributed by atoms with Crippen LogP contribution in [-0.4, -0.2) is 71.9 Å². The Morgan fingerprint density at radius 2 is 1.87 bits per heavy atom. The van der Waals surface area contributed by atoms with Gasteiger partial charge in [0.2, 0.25) is 11.8 Å². The molecular formula is C24H35N3O2S. The summed E-state index contributed by atoms with van der Waals surface area (Å²) in [5.74, 6) is 2.20. The normalized spacial score (nSPS) is 26.1. The van der Waals surface area contributed by atoms with Gasteiger partial charge in [-0.1, -0.05) is 12.5 Å². The van der Waals surface area contributed by atoms with Crippen molar-refractivity contribution in [1.82, 2.24) is 9.80 Å². The van der Waals surface area contributed by atoms with Gasteiger partial charge in [-0.2, -0.15) is 11.8 Å². The number of thioether (sulfide) groups is 1. The highest BCUT2D eigenvalue weighted by Gasteiger charge is 2.39. The monoisotopic (exact) mass is 429 g/mol. The van der Waals surface area contributed by atoms with Gasteiger partial charge < -0.3 is 14.7 Å². The molecule has 3 heterocycles. The van der Waals surface area contributed by atoms with Crippen molar-refractivity contribution in [1.29, 1.82) is 0 Å². The number of nitrogens with zero attached hydrogens (tertiary/aromatic N) is 3. The van der Waals surface area contributed by atoms with E-state index in [1.165, 1.54) is 30.4 Å². The van der Waals surface area contributed by atoms with Crippen LogP contribution >= 0.6 is 11.8 Å². The minimum absolute atomic E-state index is 0.0772. The summed E-state index contributed by atoms with van der Waals surface area (Å²) in [5, 5.41) is 0. The summed E-state index contributed by atoms with van der Waals surface area (Å²) in [7, 11) is 0. The van der Waals surface area contributed by atoms with Crippen molar-refractivity contribution in [2.24, 2.45) is 5.92 Å². The maximum atomic E-state index is 13.6. The highest BCUT2D eigenvalue weighted by atomic mass is 32.2. The number of amides is 2. The molecule has 0 bridgehead atoms. The van der Waals surface area contributed by atoms with E-state index in [9.17, 15) is 9.59 Å². The zero-order valence-electron chi connectivity index (χ0n) is 18.4. The van der Waals surface area contributed by atoms with Gasteiger partial charge in [-0.05, 0) is 75.2 Å². The van der Waals surface area contributed by atoms with Gasteiger partial charge in [-0.15, -0.1) is 0 Å². The number of rotatable bonds is 4. The number of anilines is 1. The lowest BCUT2D eigenvalue weighted by Gasteiger charge is -2.36. The Kier molecular flexibility index (Phi) is 7.04. The molecule has 5 nitrogen and oxygen atoms in total. The van der Waals surface area contributed by atoms with Gasteiger partial charge in [-0.3, -0.25) is 9.59 Å². The first-order valence-electron chi connectivity index (χ1n) is 11.5. The molecule has 0 radical (unpaired) electrons. The predicted octanol–water partition coefficient (Wildman–Crippen LogP) is 3.48. The molecule has 0 aromatic heterocycles. The highest BCUT2D eigenvalue weighted by molar-refractivity contribution is 7.99. The lowest BCUT2D eigenvalue weighted by Crippen LogP contribution is -2.51. The van der Waals surface area contributed by atoms with Gasteiger partial charge in [0.25, 0.3) is 0 Å². The highest BCUT2D eigenvalue weighted by Crippen LogP contribution is 2.29. The Bertz CT molecular complexity index is 778. The van der Waals surface area contributed by atoms with Gasteiger partial charge in [0.05, 0.1) is 12.0 Å². The van der Waals surface area contributed by atoms with Crippen LogP contribution in [0, 0.1) is 19.8 Å². The quantitative estimate of drug-likeness (QED) is 0.735. The van der Waals surface area contributed by atoms with E-state index in [2.05, 4.69) is 35.8 Å². The Morgan fingerprint density at radius 1 is 1.07 bits per heavy atom. The van der Waals surface area contributed by atoms with E-state index >= 15 is 0 Å². The molecular weight excluding hydrogens is 394 g/mol. The minimum Gasteiger partial charge on any atom is -0.337 e. The molecule has 164 valence electrons. The Labute approximate surface area is 185 Å². The zero-order valence-corrected chi connectivity index (χ0v) is 19.3. The molecule has 0 spiro atoms. The fourth-order valence-corrected chi connectivity index (χ4v) is 6.02. The van der Waals surface area contributed by atoms with Crippen molar-refractivity contribution in [2.75, 3.05) is 49.1 Å². The number of aryl methyl sites for hydroxylation is 2. The fraction of sp³-hybridized carbons (Fsp3) is 0.667. The van der Waals surface area contributed by atoms with Crippen LogP contribution in [0.15, 0.2) is 18.2 Å². The molecule has 4 rings (SSSR count). The standard InChI is InChI=1S/C24H35N3O2S/c1-18-7-8-21(13-19(18)2)27-15-20(14-23(27)28)24(29)26-11-6-12-30-17-22(26)16-25-9-4-3-5-10-25/h7-8,13,20,22H,3-6,9-12,14-17H2,1-2H3. The van der Waals surface area contributed by atoms with Crippen LogP contribution in [0.4, 0.5) is 5.69 Å². The van der Waals surface area contributed by atoms with Gasteiger partial charge in [0.15, 0.2) is 0 Å². The molecule has 3 saturated heterocycles. The first-order chi connectivity index (χ1) is 14.5. The first-order valence-corrected chi connectivity index (χ1v) is 12.7. The van der Waals surface area contributed by atoms with Crippen LogP contribution < -0.4 is 4.90 Å². The van der Waals surface area contributed by atoms with Crippen molar-refractivity contribution in [3.05, 3.63) is 29.3 Å². The number of likely N-dealkylation sites (tertiary alicyclic amines) is 1. The third-order valence-corrected chi connectivity index (χ3v) is 8.11. The molecule has 2 amide bonds. The average molecular weight is 430 g/mol. The second-order valence-corrected chi connectivity index (χ2v) is 10.3. The fourth-order valence-electron chi connectivity index (χ4n) is 4.96. The first kappa shape index (κ1) is 21.7. The number of hydrogen-bond donors (Lipinski definition) is 0. The van der Waals surface area contributed by atoms with Gasteiger partial charge in [0.1, 0.15) is 0 Å². The SMILES string of the molecule is Cc1ccc(N2CC(C(=O)N3CCCSCC3CN3CCCCC3)CC2=O)cc1C. The molecule has 30 heavy (non-hydrogen) atoms. The molecule has 0 aliphatic carbocycles. The molecule has 1 aromatic rings. The third kappa shape index (κ3) is 4.86. The van der Waals surface area contributed by atoms with E-state index in [4.69, 9.17) is 0 Å². The van der Waals surface area contributed by atoms with Crippen molar-refractivity contribution in [2.45, 2.75) is 52.0 Å². The zero-order chi connectivity index (χ0) is 21.1. The van der Waals surface area contributed by atoms with E-state index in [1.807, 2.05) is 22.7 Å². The molecule has 0 saturated carbocycles. The minimum atomic E-state index is -0.217. The summed E-state index contributed by atoms with van der Waals surface area (Å²) in [6.07, 6.45) is 5.27. The smallest absolute Gasteiger partial charge is 0.228 e. The molecule has 1 aromatic carbocycles. The number of carbonyl (C=O) groups is 2. The molecule has 6 heteroatoms. The lowest BCUT2D eigenvalue weighted by atomic mass is 10.0. The summed E-state index contributed by atoms with van der Waals surface area (Å²) in [6, 6.07) is 6.42. The molecule has 2 unspecified atom stereocenters. The molecule has 3 aliphatic rings. The Balaban J connectivity index is 1.45. The van der Waals surface area contributed by atoms with Crippen LogP contribution in [0.2, 0.25) is 0 Å². The van der Waals surface area contributed by atoms with Crippen LogP contribution in [-0.2, 0) is 9.59 Å². The summed E-state index contributed by atoms with van der Waals surface area (Å²) < 4.78 is 0. The summed E-state index contributed by atoms with van der Waals surface area (Å²) >= 11 is 1.98. The van der Waals surface area contributed by atoms with Crippen LogP contribution in [0.5, 0.6) is 0 Å². The third-order valence-electron chi connectivity index (χ3n) is 6.92. The van der Waals surface area contributed by atoms with E-state index in [-0.39, 0.29) is 23.8 Å². The molecule has 2 atom stereocenters. The van der Waals surface area contributed by atoms with Crippen molar-refractivity contribution >= 4 is 29.3 Å². The van der Waals surface area contributed by atoms with Crippen molar-refractivity contribution in [3.63, 3.8) is 0 Å². The topological polar surface area (TPSA) is 43.9 Å².